The van der Waals surface area contributed by atoms with Gasteiger partial charge in [-0.15, -0.1) is 0 Å². The molecular formula is C24H30N6OSn. The Balaban J connectivity index is 1.68. The molecule has 0 amide bonds. The molecule has 0 bridgehead atoms. The number of H-pyrrole nitrogens is 1. The molecule has 0 atom stereocenters. The fourth-order valence-corrected chi connectivity index (χ4v) is 7.20. The van der Waals surface area contributed by atoms with Crippen molar-refractivity contribution in [1.29, 1.82) is 0 Å². The minimum atomic E-state index is -2.54. The third kappa shape index (κ3) is 4.44. The normalized spacial score (nSPS) is 11.8. The van der Waals surface area contributed by atoms with E-state index in [9.17, 15) is 4.79 Å². The van der Waals surface area contributed by atoms with Crippen molar-refractivity contribution in [2.45, 2.75) is 41.0 Å². The van der Waals surface area contributed by atoms with Crippen molar-refractivity contribution < 1.29 is 0 Å². The summed E-state index contributed by atoms with van der Waals surface area (Å²) < 4.78 is 3.65. The van der Waals surface area contributed by atoms with Gasteiger partial charge < -0.3 is 0 Å². The average molecular weight is 537 g/mol. The van der Waals surface area contributed by atoms with Crippen LogP contribution in [0.1, 0.15) is 30.2 Å². The van der Waals surface area contributed by atoms with E-state index in [0.717, 1.165) is 52.2 Å². The number of tetrazole rings is 1. The van der Waals surface area contributed by atoms with Gasteiger partial charge in [0.15, 0.2) is 0 Å². The van der Waals surface area contributed by atoms with E-state index in [1.54, 1.807) is 11.7 Å². The first kappa shape index (κ1) is 22.5. The molecule has 2 aromatic carbocycles. The first-order valence-electron chi connectivity index (χ1n) is 11.0. The van der Waals surface area contributed by atoms with E-state index in [1.807, 2.05) is 12.1 Å². The van der Waals surface area contributed by atoms with E-state index >= 15 is 0 Å². The molecule has 0 radical (unpaired) electrons. The topological polar surface area (TPSA) is 81.4 Å². The van der Waals surface area contributed by atoms with E-state index in [-0.39, 0.29) is 5.56 Å². The number of aromatic nitrogens is 6. The first-order valence-corrected chi connectivity index (χ1v) is 20.9. The zero-order valence-corrected chi connectivity index (χ0v) is 22.2. The van der Waals surface area contributed by atoms with Gasteiger partial charge >= 0.3 is 173 Å². The van der Waals surface area contributed by atoms with E-state index in [0.29, 0.717) is 6.42 Å². The van der Waals surface area contributed by atoms with Gasteiger partial charge in [-0.3, -0.25) is 0 Å². The molecule has 4 aromatic rings. The maximum absolute atomic E-state index is 12.6. The van der Waals surface area contributed by atoms with Crippen LogP contribution in [0.25, 0.3) is 22.5 Å². The summed E-state index contributed by atoms with van der Waals surface area (Å²) in [4.78, 5) is 19.4. The number of nitrogens with zero attached hydrogens (tertiary/aromatic N) is 5. The third-order valence-corrected chi connectivity index (χ3v) is 10.1. The Morgan fingerprint density at radius 2 is 1.69 bits per heavy atom. The Morgan fingerprint density at radius 3 is 2.34 bits per heavy atom. The molecule has 0 aliphatic rings. The van der Waals surface area contributed by atoms with E-state index < -0.39 is 18.7 Å². The van der Waals surface area contributed by atoms with Crippen molar-refractivity contribution >= 4 is 18.7 Å². The second kappa shape index (κ2) is 9.05. The molecule has 0 spiro atoms. The molecule has 0 fully saturated rings. The molecule has 0 aliphatic carbocycles. The second-order valence-electron chi connectivity index (χ2n) is 9.19. The van der Waals surface area contributed by atoms with Crippen molar-refractivity contribution in [2.75, 3.05) is 0 Å². The van der Waals surface area contributed by atoms with Gasteiger partial charge in [0, 0.05) is 7.05 Å². The van der Waals surface area contributed by atoms with E-state index in [2.05, 4.69) is 81.7 Å². The summed E-state index contributed by atoms with van der Waals surface area (Å²) >= 11 is -2.54. The van der Waals surface area contributed by atoms with Crippen LogP contribution in [0.15, 0.2) is 53.3 Å². The van der Waals surface area contributed by atoms with E-state index in [1.165, 1.54) is 0 Å². The number of rotatable bonds is 7. The number of hydrogen-bond donors (Lipinski definition) is 1. The second-order valence-corrected chi connectivity index (χ2v) is 22.8. The minimum absolute atomic E-state index is 0.0585. The Morgan fingerprint density at radius 1 is 1.00 bits per heavy atom. The standard InChI is InChI=1S/C21H22N6O.3CH3.Sn/c1-3-6-19-18(21(28)27(2)24-19)13-14-9-11-15(12-10-14)16-7-4-5-8-17(16)20-22-25-26-23-20;;;;/h4-5,7-12H,3,6,13H2,1-2H3,(H2,22,23,24,25,26,28);3*1H3;/q;;;;+1/p-1. The van der Waals surface area contributed by atoms with Crippen LogP contribution in [0, 0.1) is 0 Å². The van der Waals surface area contributed by atoms with Gasteiger partial charge in [-0.05, 0) is 0 Å². The Labute approximate surface area is 192 Å². The van der Waals surface area contributed by atoms with Crippen LogP contribution < -0.4 is 5.56 Å². The number of hydrogen-bond acceptors (Lipinski definition) is 4. The zero-order valence-electron chi connectivity index (χ0n) is 19.4. The molecule has 0 aliphatic heterocycles. The van der Waals surface area contributed by atoms with Gasteiger partial charge in [0.2, 0.25) is 0 Å². The number of aromatic amines is 1. The predicted molar refractivity (Wildman–Crippen MR) is 130 cm³/mol. The molecule has 2 aromatic heterocycles. The van der Waals surface area contributed by atoms with Crippen LogP contribution in [0.5, 0.6) is 0 Å². The number of aryl methyl sites for hydroxylation is 2. The molecule has 0 unspecified atom stereocenters. The van der Waals surface area contributed by atoms with Crippen LogP contribution in [-0.4, -0.2) is 46.9 Å². The Kier molecular flexibility index (Phi) is 6.37. The molecule has 8 heteroatoms. The molecule has 0 saturated carbocycles. The van der Waals surface area contributed by atoms with Crippen LogP contribution in [0.4, 0.5) is 0 Å². The number of benzene rings is 2. The van der Waals surface area contributed by atoms with Crippen molar-refractivity contribution in [3.8, 4) is 22.5 Å². The summed E-state index contributed by atoms with van der Waals surface area (Å²) in [5.74, 6) is 0.841. The monoisotopic (exact) mass is 538 g/mol. The summed E-state index contributed by atoms with van der Waals surface area (Å²) in [7, 11) is 1.78. The first-order chi connectivity index (χ1) is 15.3. The predicted octanol–water partition coefficient (Wildman–Crippen LogP) is 4.26. The molecule has 4 rings (SSSR count). The molecule has 2 heterocycles. The third-order valence-electron chi connectivity index (χ3n) is 5.65. The van der Waals surface area contributed by atoms with Crippen molar-refractivity contribution in [3.63, 3.8) is 0 Å². The summed E-state index contributed by atoms with van der Waals surface area (Å²) in [5, 5.41) is 15.8. The van der Waals surface area contributed by atoms with Crippen LogP contribution in [0.2, 0.25) is 14.8 Å². The molecule has 32 heavy (non-hydrogen) atoms. The fourth-order valence-electron chi connectivity index (χ4n) is 4.03. The summed E-state index contributed by atoms with van der Waals surface area (Å²) in [6.45, 7) is 2.13. The van der Waals surface area contributed by atoms with Crippen LogP contribution in [0.3, 0.4) is 0 Å². The quantitative estimate of drug-likeness (QED) is 0.358. The van der Waals surface area contributed by atoms with E-state index in [4.69, 9.17) is 0 Å². The molecular weight excluding hydrogens is 507 g/mol. The molecule has 7 nitrogen and oxygen atoms in total. The summed E-state index contributed by atoms with van der Waals surface area (Å²) in [6, 6.07) is 16.7. The Bertz CT molecular complexity index is 1280. The zero-order chi connectivity index (χ0) is 22.9. The van der Waals surface area contributed by atoms with Crippen LogP contribution >= 0.6 is 0 Å². The van der Waals surface area contributed by atoms with Gasteiger partial charge in [-0.1, -0.05) is 13.3 Å². The number of nitrogens with one attached hydrogen (secondary N) is 1. The van der Waals surface area contributed by atoms with Gasteiger partial charge in [0.1, 0.15) is 0 Å². The fraction of sp³-hybridized carbons (Fsp3) is 0.333. The maximum atomic E-state index is 12.6. The van der Waals surface area contributed by atoms with Gasteiger partial charge in [0.05, 0.1) is 0 Å². The van der Waals surface area contributed by atoms with Crippen molar-refractivity contribution in [1.82, 2.24) is 28.2 Å². The van der Waals surface area contributed by atoms with Crippen molar-refractivity contribution in [2.24, 2.45) is 7.05 Å². The van der Waals surface area contributed by atoms with Crippen molar-refractivity contribution in [3.05, 3.63) is 75.7 Å². The SMILES string of the molecule is CCCc1[nH]n(C)c(=O)c1Cc1ccc(-c2ccccc2-c2nnn[n]2[Sn]([CH3])([CH3])[CH3])cc1. The molecule has 0 saturated heterocycles. The summed E-state index contributed by atoms with van der Waals surface area (Å²) in [6.07, 6.45) is 2.51. The van der Waals surface area contributed by atoms with Gasteiger partial charge in [0.25, 0.3) is 0 Å². The average Bonchev–Trinajstić information content (AvgIpc) is 3.36. The Hall–Kier alpha value is -2.68. The molecule has 166 valence electrons. The summed E-state index contributed by atoms with van der Waals surface area (Å²) in [5.41, 5.74) is 6.34. The van der Waals surface area contributed by atoms with Gasteiger partial charge in [-0.25, -0.2) is 0 Å². The molecule has 1 N–H and O–H groups in total. The van der Waals surface area contributed by atoms with Gasteiger partial charge in [-0.2, -0.15) is 0 Å². The van der Waals surface area contributed by atoms with Crippen LogP contribution in [-0.2, 0) is 19.9 Å².